The van der Waals surface area contributed by atoms with Gasteiger partial charge in [0, 0.05) is 29.7 Å². The van der Waals surface area contributed by atoms with E-state index < -0.39 is 0 Å². The second kappa shape index (κ2) is 7.45. The van der Waals surface area contributed by atoms with Gasteiger partial charge in [-0.25, -0.2) is 4.98 Å². The zero-order chi connectivity index (χ0) is 17.6. The van der Waals surface area contributed by atoms with Crippen LogP contribution in [0.2, 0.25) is 0 Å². The number of aryl methyl sites for hydroxylation is 1. The monoisotopic (exact) mass is 330 g/mol. The van der Waals surface area contributed by atoms with E-state index in [4.69, 9.17) is 5.26 Å². The van der Waals surface area contributed by atoms with E-state index in [0.717, 1.165) is 22.2 Å². The van der Waals surface area contributed by atoms with E-state index in [1.807, 2.05) is 55.5 Å². The van der Waals surface area contributed by atoms with Gasteiger partial charge in [0.25, 0.3) is 5.91 Å². The van der Waals surface area contributed by atoms with Crippen LogP contribution < -0.4 is 10.6 Å². The standard InChI is InChI=1S/C20H18N4O/c1-14-6-8-15(9-7-14)20(25)23-11-10-22-19-12-16(13-21)24-18-5-3-2-4-17(18)19/h2-9,12H,10-11H2,1H3,(H,22,24)(H,23,25). The minimum atomic E-state index is -0.0981. The van der Waals surface area contributed by atoms with Crippen molar-refractivity contribution in [2.45, 2.75) is 6.92 Å². The fraction of sp³-hybridized carbons (Fsp3) is 0.150. The summed E-state index contributed by atoms with van der Waals surface area (Å²) in [5, 5.41) is 16.2. The van der Waals surface area contributed by atoms with Crippen molar-refractivity contribution in [2.24, 2.45) is 0 Å². The van der Waals surface area contributed by atoms with Crippen LogP contribution in [-0.2, 0) is 0 Å². The van der Waals surface area contributed by atoms with Gasteiger partial charge in [0.2, 0.25) is 0 Å². The number of anilines is 1. The highest BCUT2D eigenvalue weighted by Crippen LogP contribution is 2.22. The summed E-state index contributed by atoms with van der Waals surface area (Å²) >= 11 is 0. The van der Waals surface area contributed by atoms with Crippen LogP contribution in [0.1, 0.15) is 21.6 Å². The highest BCUT2D eigenvalue weighted by Gasteiger charge is 2.06. The zero-order valence-electron chi connectivity index (χ0n) is 13.9. The number of benzene rings is 2. The van der Waals surface area contributed by atoms with Crippen molar-refractivity contribution in [1.82, 2.24) is 10.3 Å². The molecule has 0 aliphatic heterocycles. The number of pyridine rings is 1. The second-order valence-corrected chi connectivity index (χ2v) is 5.73. The number of fused-ring (bicyclic) bond motifs is 1. The Morgan fingerprint density at radius 3 is 2.64 bits per heavy atom. The maximum absolute atomic E-state index is 12.1. The summed E-state index contributed by atoms with van der Waals surface area (Å²) in [6.07, 6.45) is 0. The van der Waals surface area contributed by atoms with Gasteiger partial charge in [-0.2, -0.15) is 5.26 Å². The number of hydrogen-bond donors (Lipinski definition) is 2. The number of hydrogen-bond acceptors (Lipinski definition) is 4. The lowest BCUT2D eigenvalue weighted by Gasteiger charge is -2.11. The number of rotatable bonds is 5. The molecule has 0 radical (unpaired) electrons. The molecule has 0 spiro atoms. The SMILES string of the molecule is Cc1ccc(C(=O)NCCNc2cc(C#N)nc3ccccc23)cc1. The lowest BCUT2D eigenvalue weighted by molar-refractivity contribution is 0.0955. The molecule has 5 heteroatoms. The molecule has 25 heavy (non-hydrogen) atoms. The van der Waals surface area contributed by atoms with Crippen LogP contribution >= 0.6 is 0 Å². The van der Waals surface area contributed by atoms with E-state index >= 15 is 0 Å². The Morgan fingerprint density at radius 2 is 1.88 bits per heavy atom. The highest BCUT2D eigenvalue weighted by molar-refractivity contribution is 5.94. The first-order valence-electron chi connectivity index (χ1n) is 8.06. The normalized spacial score (nSPS) is 10.2. The van der Waals surface area contributed by atoms with Gasteiger partial charge in [-0.1, -0.05) is 35.9 Å². The van der Waals surface area contributed by atoms with Crippen molar-refractivity contribution in [1.29, 1.82) is 5.26 Å². The molecule has 1 aromatic heterocycles. The Balaban J connectivity index is 1.62. The van der Waals surface area contributed by atoms with Crippen molar-refractivity contribution in [2.75, 3.05) is 18.4 Å². The first-order valence-corrected chi connectivity index (χ1v) is 8.06. The maximum Gasteiger partial charge on any atom is 0.251 e. The van der Waals surface area contributed by atoms with Crippen LogP contribution in [0, 0.1) is 18.3 Å². The van der Waals surface area contributed by atoms with Crippen molar-refractivity contribution >= 4 is 22.5 Å². The number of para-hydroxylation sites is 1. The number of aromatic nitrogens is 1. The predicted molar refractivity (Wildman–Crippen MR) is 98.5 cm³/mol. The summed E-state index contributed by atoms with van der Waals surface area (Å²) in [5.41, 5.74) is 3.74. The Morgan fingerprint density at radius 1 is 1.12 bits per heavy atom. The molecule has 5 nitrogen and oxygen atoms in total. The number of nitrogens with zero attached hydrogens (tertiary/aromatic N) is 2. The fourth-order valence-electron chi connectivity index (χ4n) is 2.56. The van der Waals surface area contributed by atoms with Gasteiger partial charge in [-0.05, 0) is 31.2 Å². The topological polar surface area (TPSA) is 77.8 Å². The third-order valence-electron chi connectivity index (χ3n) is 3.87. The Labute approximate surface area is 146 Å². The highest BCUT2D eigenvalue weighted by atomic mass is 16.1. The second-order valence-electron chi connectivity index (χ2n) is 5.73. The van der Waals surface area contributed by atoms with Gasteiger partial charge in [-0.15, -0.1) is 0 Å². The van der Waals surface area contributed by atoms with Gasteiger partial charge in [0.1, 0.15) is 11.8 Å². The number of carbonyl (C=O) groups is 1. The third kappa shape index (κ3) is 3.93. The van der Waals surface area contributed by atoms with Gasteiger partial charge in [0.15, 0.2) is 0 Å². The molecule has 0 aliphatic carbocycles. The lowest BCUT2D eigenvalue weighted by atomic mass is 10.1. The molecule has 2 aromatic carbocycles. The fourth-order valence-corrected chi connectivity index (χ4v) is 2.56. The van der Waals surface area contributed by atoms with Gasteiger partial charge < -0.3 is 10.6 Å². The average molecular weight is 330 g/mol. The first-order chi connectivity index (χ1) is 12.2. The molecule has 2 N–H and O–H groups in total. The van der Waals surface area contributed by atoms with E-state index in [-0.39, 0.29) is 5.91 Å². The minimum absolute atomic E-state index is 0.0981. The largest absolute Gasteiger partial charge is 0.383 e. The first kappa shape index (κ1) is 16.5. The molecule has 0 fully saturated rings. The maximum atomic E-state index is 12.1. The Hall–Kier alpha value is -3.39. The third-order valence-corrected chi connectivity index (χ3v) is 3.87. The van der Waals surface area contributed by atoms with E-state index in [1.165, 1.54) is 0 Å². The number of nitrogens with one attached hydrogen (secondary N) is 2. The molecular formula is C20H18N4O. The average Bonchev–Trinajstić information content (AvgIpc) is 2.65. The van der Waals surface area contributed by atoms with Crippen molar-refractivity contribution < 1.29 is 4.79 Å². The molecule has 124 valence electrons. The summed E-state index contributed by atoms with van der Waals surface area (Å²) in [6.45, 7) is 3.02. The molecule has 3 rings (SSSR count). The molecule has 1 heterocycles. The summed E-state index contributed by atoms with van der Waals surface area (Å²) in [5.74, 6) is -0.0981. The van der Waals surface area contributed by atoms with Crippen LogP contribution in [0.5, 0.6) is 0 Å². The van der Waals surface area contributed by atoms with Crippen LogP contribution in [0.4, 0.5) is 5.69 Å². The van der Waals surface area contributed by atoms with Crippen LogP contribution in [0.25, 0.3) is 10.9 Å². The number of nitriles is 1. The van der Waals surface area contributed by atoms with E-state index in [0.29, 0.717) is 24.3 Å². The number of carbonyl (C=O) groups excluding carboxylic acids is 1. The summed E-state index contributed by atoms with van der Waals surface area (Å²) in [4.78, 5) is 16.4. The lowest BCUT2D eigenvalue weighted by Crippen LogP contribution is -2.28. The number of amides is 1. The van der Waals surface area contributed by atoms with Crippen molar-refractivity contribution in [3.63, 3.8) is 0 Å². The van der Waals surface area contributed by atoms with E-state index in [2.05, 4.69) is 21.7 Å². The summed E-state index contributed by atoms with van der Waals surface area (Å²) in [6, 6.07) is 18.9. The molecule has 0 atom stereocenters. The van der Waals surface area contributed by atoms with Gasteiger partial charge >= 0.3 is 0 Å². The molecule has 0 saturated heterocycles. The van der Waals surface area contributed by atoms with Crippen LogP contribution in [-0.4, -0.2) is 24.0 Å². The van der Waals surface area contributed by atoms with Gasteiger partial charge in [-0.3, -0.25) is 4.79 Å². The smallest absolute Gasteiger partial charge is 0.251 e. The van der Waals surface area contributed by atoms with Crippen LogP contribution in [0.3, 0.4) is 0 Å². The van der Waals surface area contributed by atoms with Gasteiger partial charge in [0.05, 0.1) is 5.52 Å². The van der Waals surface area contributed by atoms with E-state index in [1.54, 1.807) is 6.07 Å². The zero-order valence-corrected chi connectivity index (χ0v) is 13.9. The molecule has 3 aromatic rings. The minimum Gasteiger partial charge on any atom is -0.383 e. The predicted octanol–water partition coefficient (Wildman–Crippen LogP) is 3.26. The molecule has 1 amide bonds. The summed E-state index contributed by atoms with van der Waals surface area (Å²) in [7, 11) is 0. The Bertz CT molecular complexity index is 942. The molecule has 0 unspecified atom stereocenters. The summed E-state index contributed by atoms with van der Waals surface area (Å²) < 4.78 is 0. The van der Waals surface area contributed by atoms with Crippen molar-refractivity contribution in [3.05, 3.63) is 71.4 Å². The Kier molecular flexibility index (Phi) is 4.91. The van der Waals surface area contributed by atoms with Crippen molar-refractivity contribution in [3.8, 4) is 6.07 Å². The van der Waals surface area contributed by atoms with E-state index in [9.17, 15) is 4.79 Å². The van der Waals surface area contributed by atoms with Crippen LogP contribution in [0.15, 0.2) is 54.6 Å². The molecule has 0 aliphatic rings. The molecular weight excluding hydrogens is 312 g/mol. The molecule has 0 bridgehead atoms. The quantitative estimate of drug-likeness (QED) is 0.704. The molecule has 0 saturated carbocycles.